The van der Waals surface area contributed by atoms with Crippen molar-refractivity contribution in [3.8, 4) is 5.69 Å². The molecule has 0 aliphatic heterocycles. The fourth-order valence-corrected chi connectivity index (χ4v) is 2.24. The second kappa shape index (κ2) is 4.46. The summed E-state index contributed by atoms with van der Waals surface area (Å²) in [6.07, 6.45) is 0.687. The Morgan fingerprint density at radius 2 is 1.84 bits per heavy atom. The van der Waals surface area contributed by atoms with E-state index in [4.69, 9.17) is 0 Å². The van der Waals surface area contributed by atoms with Gasteiger partial charge in [-0.25, -0.2) is 13.8 Å². The molecule has 2 nitrogen and oxygen atoms in total. The van der Waals surface area contributed by atoms with Crippen LogP contribution in [0.5, 0.6) is 0 Å². The van der Waals surface area contributed by atoms with Crippen LogP contribution in [0, 0.1) is 11.6 Å². The van der Waals surface area contributed by atoms with Crippen LogP contribution < -0.4 is 0 Å². The van der Waals surface area contributed by atoms with Gasteiger partial charge in [0.1, 0.15) is 17.5 Å². The van der Waals surface area contributed by atoms with Gasteiger partial charge in [0.05, 0.1) is 16.7 Å². The number of halogens is 2. The molecule has 0 saturated heterocycles. The molecule has 4 heteroatoms. The smallest absolute Gasteiger partial charge is 0.125 e. The molecule has 19 heavy (non-hydrogen) atoms. The number of nitrogens with zero attached hydrogens (tertiary/aromatic N) is 2. The maximum Gasteiger partial charge on any atom is 0.125 e. The minimum Gasteiger partial charge on any atom is -0.296 e. The third-order valence-corrected chi connectivity index (χ3v) is 3.07. The van der Waals surface area contributed by atoms with Crippen LogP contribution in [0.4, 0.5) is 8.78 Å². The lowest BCUT2D eigenvalue weighted by atomic mass is 10.2. The van der Waals surface area contributed by atoms with Crippen LogP contribution in [0.1, 0.15) is 12.7 Å². The first-order valence-corrected chi connectivity index (χ1v) is 6.12. The quantitative estimate of drug-likeness (QED) is 0.682. The van der Waals surface area contributed by atoms with Gasteiger partial charge in [-0.15, -0.1) is 0 Å². The van der Waals surface area contributed by atoms with Crippen molar-refractivity contribution in [3.63, 3.8) is 0 Å². The third-order valence-electron chi connectivity index (χ3n) is 3.07. The summed E-state index contributed by atoms with van der Waals surface area (Å²) in [4.78, 5) is 4.45. The molecule has 1 aromatic heterocycles. The summed E-state index contributed by atoms with van der Waals surface area (Å²) >= 11 is 0. The van der Waals surface area contributed by atoms with Crippen molar-refractivity contribution < 1.29 is 8.78 Å². The van der Waals surface area contributed by atoms with E-state index in [1.165, 1.54) is 24.3 Å². The van der Waals surface area contributed by atoms with Crippen molar-refractivity contribution in [2.75, 3.05) is 0 Å². The Kier molecular flexibility index (Phi) is 2.78. The Labute approximate surface area is 109 Å². The standard InChI is InChI=1S/C15H12F2N2/c1-2-15-18-13-7-6-11(17)9-14(13)19(15)12-5-3-4-10(16)8-12/h3-9H,2H2,1H3. The number of benzene rings is 2. The maximum atomic E-state index is 13.4. The number of fused-ring (bicyclic) bond motifs is 1. The fraction of sp³-hybridized carbons (Fsp3) is 0.133. The SMILES string of the molecule is CCc1nc2ccc(F)cc2n1-c1cccc(F)c1. The highest BCUT2D eigenvalue weighted by molar-refractivity contribution is 5.78. The number of hydrogen-bond donors (Lipinski definition) is 0. The highest BCUT2D eigenvalue weighted by Gasteiger charge is 2.12. The average Bonchev–Trinajstić information content (AvgIpc) is 2.76. The van der Waals surface area contributed by atoms with Gasteiger partial charge in [0.25, 0.3) is 0 Å². The van der Waals surface area contributed by atoms with E-state index in [2.05, 4.69) is 4.98 Å². The lowest BCUT2D eigenvalue weighted by Gasteiger charge is -2.08. The summed E-state index contributed by atoms with van der Waals surface area (Å²) in [6, 6.07) is 10.7. The van der Waals surface area contributed by atoms with Crippen LogP contribution in [0.15, 0.2) is 42.5 Å². The van der Waals surface area contributed by atoms with Gasteiger partial charge < -0.3 is 0 Å². The topological polar surface area (TPSA) is 17.8 Å². The normalized spacial score (nSPS) is 11.1. The maximum absolute atomic E-state index is 13.4. The van der Waals surface area contributed by atoms with E-state index in [-0.39, 0.29) is 11.6 Å². The van der Waals surface area contributed by atoms with Gasteiger partial charge in [0.15, 0.2) is 0 Å². The largest absolute Gasteiger partial charge is 0.296 e. The second-order valence-corrected chi connectivity index (χ2v) is 4.33. The molecule has 0 atom stereocenters. The van der Waals surface area contributed by atoms with E-state index in [0.29, 0.717) is 23.1 Å². The van der Waals surface area contributed by atoms with Crippen LogP contribution in [-0.4, -0.2) is 9.55 Å². The van der Waals surface area contributed by atoms with Gasteiger partial charge >= 0.3 is 0 Å². The summed E-state index contributed by atoms with van der Waals surface area (Å²) in [6.45, 7) is 1.97. The predicted molar refractivity (Wildman–Crippen MR) is 70.4 cm³/mol. The van der Waals surface area contributed by atoms with Crippen molar-refractivity contribution in [2.24, 2.45) is 0 Å². The van der Waals surface area contributed by atoms with Gasteiger partial charge in [-0.05, 0) is 30.3 Å². The minimum atomic E-state index is -0.326. The van der Waals surface area contributed by atoms with Crippen LogP contribution in [0.3, 0.4) is 0 Å². The molecular weight excluding hydrogens is 246 g/mol. The summed E-state index contributed by atoms with van der Waals surface area (Å²) < 4.78 is 28.6. The molecule has 0 unspecified atom stereocenters. The van der Waals surface area contributed by atoms with Crippen molar-refractivity contribution >= 4 is 11.0 Å². The zero-order valence-electron chi connectivity index (χ0n) is 10.4. The molecule has 0 amide bonds. The van der Waals surface area contributed by atoms with Gasteiger partial charge in [-0.3, -0.25) is 4.57 Å². The molecule has 2 aromatic carbocycles. The van der Waals surface area contributed by atoms with Crippen molar-refractivity contribution in [2.45, 2.75) is 13.3 Å². The zero-order chi connectivity index (χ0) is 13.4. The van der Waals surface area contributed by atoms with Crippen LogP contribution >= 0.6 is 0 Å². The van der Waals surface area contributed by atoms with Crippen molar-refractivity contribution in [3.05, 3.63) is 59.9 Å². The molecular formula is C15H12F2N2. The first-order chi connectivity index (χ1) is 9.19. The van der Waals surface area contributed by atoms with E-state index >= 15 is 0 Å². The van der Waals surface area contributed by atoms with Crippen molar-refractivity contribution in [1.82, 2.24) is 9.55 Å². The molecule has 0 saturated carbocycles. The highest BCUT2D eigenvalue weighted by Crippen LogP contribution is 2.23. The molecule has 0 bridgehead atoms. The van der Waals surface area contributed by atoms with E-state index in [9.17, 15) is 8.78 Å². The Bertz CT molecular complexity index is 747. The first-order valence-electron chi connectivity index (χ1n) is 6.12. The molecule has 3 rings (SSSR count). The van der Waals surface area contributed by atoms with Gasteiger partial charge in [0.2, 0.25) is 0 Å². The summed E-state index contributed by atoms with van der Waals surface area (Å²) in [5.41, 5.74) is 2.02. The number of hydrogen-bond acceptors (Lipinski definition) is 1. The van der Waals surface area contributed by atoms with Crippen LogP contribution in [0.2, 0.25) is 0 Å². The first kappa shape index (κ1) is 11.8. The van der Waals surface area contributed by atoms with Crippen LogP contribution in [0.25, 0.3) is 16.7 Å². The zero-order valence-corrected chi connectivity index (χ0v) is 10.4. The Morgan fingerprint density at radius 1 is 1.05 bits per heavy atom. The molecule has 0 aliphatic carbocycles. The molecule has 96 valence electrons. The molecule has 0 aliphatic rings. The minimum absolute atomic E-state index is 0.321. The van der Waals surface area contributed by atoms with Gasteiger partial charge in [-0.1, -0.05) is 13.0 Å². The molecule has 3 aromatic rings. The van der Waals surface area contributed by atoms with E-state index in [0.717, 1.165) is 5.82 Å². The number of rotatable bonds is 2. The van der Waals surface area contributed by atoms with Crippen molar-refractivity contribution in [1.29, 1.82) is 0 Å². The monoisotopic (exact) mass is 258 g/mol. The summed E-state index contributed by atoms with van der Waals surface area (Å²) in [5.74, 6) is 0.136. The number of aryl methyl sites for hydroxylation is 1. The molecule has 0 N–H and O–H groups in total. The molecule has 0 fully saturated rings. The van der Waals surface area contributed by atoms with Gasteiger partial charge in [-0.2, -0.15) is 0 Å². The summed E-state index contributed by atoms with van der Waals surface area (Å²) in [5, 5.41) is 0. The molecule has 0 radical (unpaired) electrons. The Morgan fingerprint density at radius 3 is 2.58 bits per heavy atom. The molecule has 1 heterocycles. The molecule has 0 spiro atoms. The number of aromatic nitrogens is 2. The lowest BCUT2D eigenvalue weighted by Crippen LogP contribution is -2.00. The fourth-order valence-electron chi connectivity index (χ4n) is 2.24. The predicted octanol–water partition coefficient (Wildman–Crippen LogP) is 3.87. The summed E-state index contributed by atoms with van der Waals surface area (Å²) in [7, 11) is 0. The lowest BCUT2D eigenvalue weighted by molar-refractivity contribution is 0.626. The van der Waals surface area contributed by atoms with E-state index in [1.807, 2.05) is 6.92 Å². The van der Waals surface area contributed by atoms with E-state index < -0.39 is 0 Å². The Balaban J connectivity index is 2.34. The van der Waals surface area contributed by atoms with Gasteiger partial charge in [0, 0.05) is 12.5 Å². The van der Waals surface area contributed by atoms with E-state index in [1.54, 1.807) is 22.8 Å². The number of imidazole rings is 1. The third kappa shape index (κ3) is 1.99. The average molecular weight is 258 g/mol. The highest BCUT2D eigenvalue weighted by atomic mass is 19.1. The Hall–Kier alpha value is -2.23. The van der Waals surface area contributed by atoms with Crippen LogP contribution in [-0.2, 0) is 6.42 Å². The second-order valence-electron chi connectivity index (χ2n) is 4.33.